The van der Waals surface area contributed by atoms with E-state index in [1.165, 1.54) is 11.3 Å². The van der Waals surface area contributed by atoms with Gasteiger partial charge in [0.25, 0.3) is 0 Å². The molecule has 5 nitrogen and oxygen atoms in total. The van der Waals surface area contributed by atoms with Crippen LogP contribution in [0.1, 0.15) is 37.4 Å². The number of Topliss-reactive ketones (excluding diaryl/α,β-unsaturated/α-hetero) is 1. The monoisotopic (exact) mass is 311 g/mol. The van der Waals surface area contributed by atoms with Crippen molar-refractivity contribution >= 4 is 27.8 Å². The standard InChI is InChI=1S/C15H25N3O2S/c1-5-17-6-8-18(9-7-17)15-13(20-10(2)3)12(16)14(21-15)11(4)19/h10H,5-9,16H2,1-4H3. The number of piperazine rings is 1. The first kappa shape index (κ1) is 16.1. The molecule has 21 heavy (non-hydrogen) atoms. The van der Waals surface area contributed by atoms with E-state index in [1.807, 2.05) is 13.8 Å². The van der Waals surface area contributed by atoms with Crippen LogP contribution >= 0.6 is 11.3 Å². The molecule has 2 N–H and O–H groups in total. The number of nitrogen functional groups attached to an aromatic ring is 1. The molecule has 1 saturated heterocycles. The fraction of sp³-hybridized carbons (Fsp3) is 0.667. The minimum atomic E-state index is 0.00421. The van der Waals surface area contributed by atoms with Gasteiger partial charge in [-0.05, 0) is 20.4 Å². The van der Waals surface area contributed by atoms with Gasteiger partial charge in [0, 0.05) is 33.1 Å². The lowest BCUT2D eigenvalue weighted by Gasteiger charge is -2.35. The van der Waals surface area contributed by atoms with Gasteiger partial charge in [0.2, 0.25) is 0 Å². The molecule has 0 aliphatic carbocycles. The van der Waals surface area contributed by atoms with Crippen LogP contribution in [0.4, 0.5) is 10.7 Å². The number of carbonyl (C=O) groups excluding carboxylic acids is 1. The van der Waals surface area contributed by atoms with Gasteiger partial charge >= 0.3 is 0 Å². The molecule has 118 valence electrons. The molecule has 0 bridgehead atoms. The highest BCUT2D eigenvalue weighted by atomic mass is 32.1. The van der Waals surface area contributed by atoms with E-state index >= 15 is 0 Å². The number of ketones is 1. The van der Waals surface area contributed by atoms with Crippen molar-refractivity contribution < 1.29 is 9.53 Å². The molecule has 0 saturated carbocycles. The van der Waals surface area contributed by atoms with Crippen LogP contribution in [0.15, 0.2) is 0 Å². The Kier molecular flexibility index (Phi) is 5.11. The highest BCUT2D eigenvalue weighted by molar-refractivity contribution is 7.19. The SMILES string of the molecule is CCN1CCN(c2sc(C(C)=O)c(N)c2OC(C)C)CC1. The number of thiophene rings is 1. The van der Waals surface area contributed by atoms with Crippen molar-refractivity contribution in [1.82, 2.24) is 4.90 Å². The number of rotatable bonds is 5. The summed E-state index contributed by atoms with van der Waals surface area (Å²) < 4.78 is 5.89. The van der Waals surface area contributed by atoms with Crippen LogP contribution in [0.5, 0.6) is 5.75 Å². The van der Waals surface area contributed by atoms with Crippen LogP contribution in [0, 0.1) is 0 Å². The summed E-state index contributed by atoms with van der Waals surface area (Å²) in [6.45, 7) is 12.7. The number of hydrogen-bond acceptors (Lipinski definition) is 6. The van der Waals surface area contributed by atoms with E-state index < -0.39 is 0 Å². The van der Waals surface area contributed by atoms with Crippen molar-refractivity contribution in [2.75, 3.05) is 43.4 Å². The third kappa shape index (κ3) is 3.49. The Morgan fingerprint density at radius 2 is 1.95 bits per heavy atom. The van der Waals surface area contributed by atoms with Crippen LogP contribution in [-0.2, 0) is 0 Å². The summed E-state index contributed by atoms with van der Waals surface area (Å²) in [5, 5.41) is 1.00. The first-order valence-electron chi connectivity index (χ1n) is 7.51. The lowest BCUT2D eigenvalue weighted by atomic mass is 10.2. The topological polar surface area (TPSA) is 58.8 Å². The maximum absolute atomic E-state index is 11.7. The third-order valence-corrected chi connectivity index (χ3v) is 5.01. The molecule has 0 spiro atoms. The number of likely N-dealkylation sites (N-methyl/N-ethyl adjacent to an activating group) is 1. The van der Waals surface area contributed by atoms with E-state index in [4.69, 9.17) is 10.5 Å². The molecule has 0 radical (unpaired) electrons. The predicted molar refractivity (Wildman–Crippen MR) is 88.8 cm³/mol. The zero-order valence-electron chi connectivity index (χ0n) is 13.3. The number of hydrogen-bond donors (Lipinski definition) is 1. The van der Waals surface area contributed by atoms with Crippen molar-refractivity contribution in [1.29, 1.82) is 0 Å². The molecule has 1 aromatic rings. The van der Waals surface area contributed by atoms with Crippen LogP contribution in [0.3, 0.4) is 0 Å². The van der Waals surface area contributed by atoms with Crippen molar-refractivity contribution in [3.63, 3.8) is 0 Å². The molecule has 0 aromatic carbocycles. The molecular weight excluding hydrogens is 286 g/mol. The van der Waals surface area contributed by atoms with Crippen molar-refractivity contribution in [3.05, 3.63) is 4.88 Å². The fourth-order valence-electron chi connectivity index (χ4n) is 2.50. The van der Waals surface area contributed by atoms with Crippen LogP contribution < -0.4 is 15.4 Å². The van der Waals surface area contributed by atoms with E-state index in [0.717, 1.165) is 37.7 Å². The van der Waals surface area contributed by atoms with Crippen molar-refractivity contribution in [2.24, 2.45) is 0 Å². The Bertz CT molecular complexity index is 505. The average Bonchev–Trinajstić information content (AvgIpc) is 2.76. The summed E-state index contributed by atoms with van der Waals surface area (Å²) in [5.41, 5.74) is 6.64. The van der Waals surface area contributed by atoms with E-state index in [0.29, 0.717) is 16.3 Å². The summed E-state index contributed by atoms with van der Waals surface area (Å²) in [5.74, 6) is 0.690. The summed E-state index contributed by atoms with van der Waals surface area (Å²) in [7, 11) is 0. The number of anilines is 2. The largest absolute Gasteiger partial charge is 0.486 e. The zero-order valence-corrected chi connectivity index (χ0v) is 14.1. The quantitative estimate of drug-likeness (QED) is 0.847. The van der Waals surface area contributed by atoms with E-state index in [2.05, 4.69) is 16.7 Å². The second-order valence-electron chi connectivity index (χ2n) is 5.62. The van der Waals surface area contributed by atoms with Gasteiger partial charge in [0.1, 0.15) is 5.00 Å². The number of nitrogens with zero attached hydrogens (tertiary/aromatic N) is 2. The Morgan fingerprint density at radius 3 is 2.43 bits per heavy atom. The summed E-state index contributed by atoms with van der Waals surface area (Å²) >= 11 is 1.46. The molecule has 1 aromatic heterocycles. The van der Waals surface area contributed by atoms with E-state index in [9.17, 15) is 4.79 Å². The van der Waals surface area contributed by atoms with Gasteiger partial charge < -0.3 is 20.3 Å². The smallest absolute Gasteiger partial charge is 0.177 e. The summed E-state index contributed by atoms with van der Waals surface area (Å²) in [6, 6.07) is 0. The number of carbonyl (C=O) groups is 1. The maximum atomic E-state index is 11.7. The second-order valence-corrected chi connectivity index (χ2v) is 6.62. The Balaban J connectivity index is 2.29. The third-order valence-electron chi connectivity index (χ3n) is 3.66. The minimum absolute atomic E-state index is 0.00421. The average molecular weight is 311 g/mol. The van der Waals surface area contributed by atoms with Crippen LogP contribution in [0.25, 0.3) is 0 Å². The normalized spacial score (nSPS) is 16.5. The maximum Gasteiger partial charge on any atom is 0.177 e. The van der Waals surface area contributed by atoms with Gasteiger partial charge in [-0.25, -0.2) is 0 Å². The molecular formula is C15H25N3O2S. The van der Waals surface area contributed by atoms with Crippen molar-refractivity contribution in [2.45, 2.75) is 33.8 Å². The molecule has 2 heterocycles. The molecule has 1 aliphatic heterocycles. The first-order chi connectivity index (χ1) is 9.93. The van der Waals surface area contributed by atoms with Gasteiger partial charge in [-0.2, -0.15) is 0 Å². The highest BCUT2D eigenvalue weighted by Gasteiger charge is 2.26. The van der Waals surface area contributed by atoms with Gasteiger partial charge in [-0.1, -0.05) is 6.92 Å². The lowest BCUT2D eigenvalue weighted by Crippen LogP contribution is -2.46. The Hall–Kier alpha value is -1.27. The molecule has 0 unspecified atom stereocenters. The predicted octanol–water partition coefficient (Wildman–Crippen LogP) is 2.46. The molecule has 1 aliphatic rings. The van der Waals surface area contributed by atoms with Gasteiger partial charge in [-0.15, -0.1) is 11.3 Å². The summed E-state index contributed by atoms with van der Waals surface area (Å²) in [4.78, 5) is 17.1. The fourth-order valence-corrected chi connectivity index (χ4v) is 3.60. The molecule has 1 fully saturated rings. The van der Waals surface area contributed by atoms with Crippen LogP contribution in [-0.4, -0.2) is 49.5 Å². The zero-order chi connectivity index (χ0) is 15.6. The van der Waals surface area contributed by atoms with Gasteiger partial charge in [0.15, 0.2) is 11.5 Å². The lowest BCUT2D eigenvalue weighted by molar-refractivity contribution is 0.102. The number of ether oxygens (including phenoxy) is 1. The Morgan fingerprint density at radius 1 is 1.33 bits per heavy atom. The van der Waals surface area contributed by atoms with Crippen LogP contribution in [0.2, 0.25) is 0 Å². The second kappa shape index (κ2) is 6.66. The molecule has 6 heteroatoms. The van der Waals surface area contributed by atoms with E-state index in [-0.39, 0.29) is 11.9 Å². The van der Waals surface area contributed by atoms with Gasteiger partial charge in [-0.3, -0.25) is 4.79 Å². The molecule has 0 atom stereocenters. The minimum Gasteiger partial charge on any atom is -0.486 e. The molecule has 2 rings (SSSR count). The Labute approximate surface area is 130 Å². The highest BCUT2D eigenvalue weighted by Crippen LogP contribution is 2.45. The molecule has 0 amide bonds. The number of nitrogens with two attached hydrogens (primary N) is 1. The summed E-state index contributed by atoms with van der Waals surface area (Å²) in [6.07, 6.45) is 0.0392. The van der Waals surface area contributed by atoms with Crippen molar-refractivity contribution in [3.8, 4) is 5.75 Å². The van der Waals surface area contributed by atoms with Gasteiger partial charge in [0.05, 0.1) is 16.7 Å². The van der Waals surface area contributed by atoms with E-state index in [1.54, 1.807) is 6.92 Å². The first-order valence-corrected chi connectivity index (χ1v) is 8.32.